The first-order chi connectivity index (χ1) is 16.9. The number of anilines is 1. The molecule has 0 fully saturated rings. The van der Waals surface area contributed by atoms with E-state index in [1.807, 2.05) is 19.1 Å². The van der Waals surface area contributed by atoms with E-state index in [0.29, 0.717) is 12.1 Å². The SMILES string of the molecule is CNC(CCC(=O)O)C(=O)NC(C(=O)NC(CCCNC(N)=O)C(=O)Nc1ccc(C)cc1)C(C)C. The summed E-state index contributed by atoms with van der Waals surface area (Å²) in [6.07, 6.45) is 0.418. The molecular formula is C24H38N6O6. The van der Waals surface area contributed by atoms with E-state index in [1.165, 1.54) is 7.05 Å². The van der Waals surface area contributed by atoms with Gasteiger partial charge >= 0.3 is 12.0 Å². The molecule has 1 aromatic rings. The predicted octanol–water partition coefficient (Wildman–Crippen LogP) is 0.460. The molecule has 12 heteroatoms. The number of aliphatic carboxylic acids is 1. The Morgan fingerprint density at radius 2 is 1.56 bits per heavy atom. The van der Waals surface area contributed by atoms with E-state index >= 15 is 0 Å². The normalized spacial score (nSPS) is 13.2. The molecule has 3 unspecified atom stereocenters. The summed E-state index contributed by atoms with van der Waals surface area (Å²) in [4.78, 5) is 60.6. The van der Waals surface area contributed by atoms with Gasteiger partial charge in [-0.05, 0) is 51.3 Å². The standard InChI is InChI=1S/C24H38N6O6/c1-14(2)20(30-21(33)17(26-4)11-12-19(31)32)23(35)29-18(6-5-13-27-24(25)36)22(34)28-16-9-7-15(3)8-10-16/h7-10,14,17-18,20,26H,5-6,11-13H2,1-4H3,(H,28,34)(H,29,35)(H,30,33)(H,31,32)(H3,25,27,36). The number of urea groups is 1. The van der Waals surface area contributed by atoms with Gasteiger partial charge < -0.3 is 37.4 Å². The first-order valence-corrected chi connectivity index (χ1v) is 11.8. The Hall–Kier alpha value is -3.67. The van der Waals surface area contributed by atoms with Gasteiger partial charge in [-0.25, -0.2) is 4.79 Å². The van der Waals surface area contributed by atoms with Gasteiger partial charge in [0.25, 0.3) is 0 Å². The molecule has 1 aromatic carbocycles. The molecule has 200 valence electrons. The molecule has 0 spiro atoms. The van der Waals surface area contributed by atoms with E-state index in [-0.39, 0.29) is 31.7 Å². The number of likely N-dealkylation sites (N-methyl/N-ethyl adjacent to an activating group) is 1. The summed E-state index contributed by atoms with van der Waals surface area (Å²) < 4.78 is 0. The number of amides is 5. The maximum atomic E-state index is 13.1. The molecule has 36 heavy (non-hydrogen) atoms. The molecule has 12 nitrogen and oxygen atoms in total. The average molecular weight is 507 g/mol. The van der Waals surface area contributed by atoms with Crippen molar-refractivity contribution in [2.75, 3.05) is 18.9 Å². The van der Waals surface area contributed by atoms with Crippen LogP contribution in [0.5, 0.6) is 0 Å². The van der Waals surface area contributed by atoms with Crippen LogP contribution in [0, 0.1) is 12.8 Å². The van der Waals surface area contributed by atoms with Gasteiger partial charge in [-0.2, -0.15) is 0 Å². The lowest BCUT2D eigenvalue weighted by Gasteiger charge is -2.27. The number of hydrogen-bond donors (Lipinski definition) is 7. The number of aryl methyl sites for hydroxylation is 1. The Bertz CT molecular complexity index is 905. The molecular weight excluding hydrogens is 468 g/mol. The summed E-state index contributed by atoms with van der Waals surface area (Å²) in [6, 6.07) is 3.77. The zero-order valence-corrected chi connectivity index (χ0v) is 21.2. The highest BCUT2D eigenvalue weighted by Crippen LogP contribution is 2.11. The molecule has 8 N–H and O–H groups in total. The average Bonchev–Trinajstić information content (AvgIpc) is 2.80. The number of hydrogen-bond acceptors (Lipinski definition) is 6. The number of carboxylic acids is 1. The lowest BCUT2D eigenvalue weighted by atomic mass is 10.0. The van der Waals surface area contributed by atoms with E-state index in [4.69, 9.17) is 10.8 Å². The van der Waals surface area contributed by atoms with Crippen molar-refractivity contribution in [1.29, 1.82) is 0 Å². The second-order valence-electron chi connectivity index (χ2n) is 8.85. The maximum Gasteiger partial charge on any atom is 0.312 e. The van der Waals surface area contributed by atoms with Crippen molar-refractivity contribution < 1.29 is 29.1 Å². The summed E-state index contributed by atoms with van der Waals surface area (Å²) >= 11 is 0. The van der Waals surface area contributed by atoms with Gasteiger partial charge in [0.15, 0.2) is 0 Å². The number of carbonyl (C=O) groups excluding carboxylic acids is 4. The van der Waals surface area contributed by atoms with Crippen molar-refractivity contribution in [2.24, 2.45) is 11.7 Å². The van der Waals surface area contributed by atoms with Gasteiger partial charge in [0, 0.05) is 18.7 Å². The zero-order chi connectivity index (χ0) is 27.3. The first kappa shape index (κ1) is 30.4. The summed E-state index contributed by atoms with van der Waals surface area (Å²) in [5.74, 6) is -2.87. The predicted molar refractivity (Wildman–Crippen MR) is 135 cm³/mol. The molecule has 0 aliphatic rings. The minimum absolute atomic E-state index is 0.0541. The van der Waals surface area contributed by atoms with E-state index in [0.717, 1.165) is 5.56 Å². The summed E-state index contributed by atoms with van der Waals surface area (Å²) in [5, 5.41) is 22.2. The molecule has 0 aliphatic carbocycles. The van der Waals surface area contributed by atoms with Crippen molar-refractivity contribution in [2.45, 2.75) is 64.6 Å². The molecule has 3 atom stereocenters. The van der Waals surface area contributed by atoms with E-state index in [2.05, 4.69) is 26.6 Å². The van der Waals surface area contributed by atoms with E-state index in [1.54, 1.807) is 26.0 Å². The van der Waals surface area contributed by atoms with Gasteiger partial charge in [-0.1, -0.05) is 31.5 Å². The number of nitrogens with two attached hydrogens (primary N) is 1. The molecule has 0 aliphatic heterocycles. The molecule has 0 heterocycles. The second-order valence-corrected chi connectivity index (χ2v) is 8.85. The smallest absolute Gasteiger partial charge is 0.312 e. The van der Waals surface area contributed by atoms with Crippen molar-refractivity contribution in [3.63, 3.8) is 0 Å². The lowest BCUT2D eigenvalue weighted by molar-refractivity contribution is -0.137. The fourth-order valence-corrected chi connectivity index (χ4v) is 3.38. The summed E-state index contributed by atoms with van der Waals surface area (Å²) in [5.41, 5.74) is 6.66. The van der Waals surface area contributed by atoms with Crippen LogP contribution in [0.15, 0.2) is 24.3 Å². The van der Waals surface area contributed by atoms with Crippen molar-refractivity contribution in [1.82, 2.24) is 21.3 Å². The second kappa shape index (κ2) is 15.4. The van der Waals surface area contributed by atoms with Gasteiger partial charge in [-0.3, -0.25) is 19.2 Å². The van der Waals surface area contributed by atoms with Crippen LogP contribution in [-0.4, -0.2) is 66.5 Å². The number of nitrogens with one attached hydrogen (secondary N) is 5. The van der Waals surface area contributed by atoms with Crippen molar-refractivity contribution in [3.05, 3.63) is 29.8 Å². The summed E-state index contributed by atoms with van der Waals surface area (Å²) in [6.45, 7) is 5.63. The van der Waals surface area contributed by atoms with Crippen molar-refractivity contribution in [3.8, 4) is 0 Å². The minimum Gasteiger partial charge on any atom is -0.481 e. The van der Waals surface area contributed by atoms with Crippen LogP contribution in [0.25, 0.3) is 0 Å². The maximum absolute atomic E-state index is 13.1. The largest absolute Gasteiger partial charge is 0.481 e. The third kappa shape index (κ3) is 11.2. The number of primary amides is 1. The first-order valence-electron chi connectivity index (χ1n) is 11.8. The monoisotopic (exact) mass is 506 g/mol. The molecule has 5 amide bonds. The van der Waals surface area contributed by atoms with Crippen LogP contribution in [0.2, 0.25) is 0 Å². The Balaban J connectivity index is 2.94. The molecule has 0 saturated carbocycles. The fourth-order valence-electron chi connectivity index (χ4n) is 3.38. The quantitative estimate of drug-likeness (QED) is 0.168. The minimum atomic E-state index is -1.03. The Kier molecular flexibility index (Phi) is 12.9. The zero-order valence-electron chi connectivity index (χ0n) is 21.2. The van der Waals surface area contributed by atoms with Gasteiger partial charge in [0.1, 0.15) is 12.1 Å². The van der Waals surface area contributed by atoms with E-state index < -0.39 is 47.8 Å². The Morgan fingerprint density at radius 3 is 2.08 bits per heavy atom. The highest BCUT2D eigenvalue weighted by atomic mass is 16.4. The number of rotatable bonds is 15. The number of carbonyl (C=O) groups is 5. The van der Waals surface area contributed by atoms with Crippen molar-refractivity contribution >= 4 is 35.4 Å². The van der Waals surface area contributed by atoms with Crippen LogP contribution in [-0.2, 0) is 19.2 Å². The van der Waals surface area contributed by atoms with Gasteiger partial charge in [0.2, 0.25) is 17.7 Å². The topological polar surface area (TPSA) is 192 Å². The molecule has 0 aromatic heterocycles. The van der Waals surface area contributed by atoms with Crippen LogP contribution in [0.3, 0.4) is 0 Å². The molecule has 0 saturated heterocycles. The number of carboxylic acid groups (broad SMARTS) is 1. The van der Waals surface area contributed by atoms with Crippen LogP contribution in [0.4, 0.5) is 10.5 Å². The number of benzene rings is 1. The molecule has 0 bridgehead atoms. The van der Waals surface area contributed by atoms with E-state index in [9.17, 15) is 24.0 Å². The molecule has 0 radical (unpaired) electrons. The lowest BCUT2D eigenvalue weighted by Crippen LogP contribution is -2.57. The van der Waals surface area contributed by atoms with Crippen LogP contribution in [0.1, 0.15) is 45.1 Å². The van der Waals surface area contributed by atoms with Gasteiger partial charge in [-0.15, -0.1) is 0 Å². The van der Waals surface area contributed by atoms with Crippen LogP contribution < -0.4 is 32.3 Å². The fraction of sp³-hybridized carbons (Fsp3) is 0.542. The third-order valence-electron chi connectivity index (χ3n) is 5.48. The molecule has 1 rings (SSSR count). The van der Waals surface area contributed by atoms with Crippen LogP contribution >= 0.6 is 0 Å². The van der Waals surface area contributed by atoms with Gasteiger partial charge in [0.05, 0.1) is 6.04 Å². The summed E-state index contributed by atoms with van der Waals surface area (Å²) in [7, 11) is 1.53. The Morgan fingerprint density at radius 1 is 0.917 bits per heavy atom. The highest BCUT2D eigenvalue weighted by molar-refractivity contribution is 5.98. The highest BCUT2D eigenvalue weighted by Gasteiger charge is 2.30. The Labute approximate surface area is 211 Å². The third-order valence-corrected chi connectivity index (χ3v) is 5.48.